The molecule has 1 unspecified atom stereocenters. The van der Waals surface area contributed by atoms with Gasteiger partial charge in [0, 0.05) is 30.8 Å². The van der Waals surface area contributed by atoms with E-state index in [-0.39, 0.29) is 34.9 Å². The molecular formula is C28H28F2N2O4. The van der Waals surface area contributed by atoms with Crippen LogP contribution in [0.15, 0.2) is 78.9 Å². The van der Waals surface area contributed by atoms with Crippen LogP contribution in [0.3, 0.4) is 0 Å². The number of alkyl halides is 2. The Hall–Kier alpha value is -4.20. The Kier molecular flexibility index (Phi) is 9.16. The number of para-hydroxylation sites is 1. The minimum Gasteiger partial charge on any atom is -0.493 e. The first kappa shape index (κ1) is 26.4. The Labute approximate surface area is 209 Å². The molecule has 0 aliphatic carbocycles. The molecular weight excluding hydrogens is 466 g/mol. The Morgan fingerprint density at radius 2 is 1.75 bits per heavy atom. The van der Waals surface area contributed by atoms with Gasteiger partial charge in [-0.2, -0.15) is 8.78 Å². The van der Waals surface area contributed by atoms with Crippen LogP contribution in [-0.2, 0) is 16.1 Å². The largest absolute Gasteiger partial charge is 0.493 e. The monoisotopic (exact) mass is 494 g/mol. The van der Waals surface area contributed by atoms with Crippen LogP contribution in [0.2, 0.25) is 0 Å². The molecule has 6 nitrogen and oxygen atoms in total. The highest BCUT2D eigenvalue weighted by molar-refractivity contribution is 5.93. The van der Waals surface area contributed by atoms with Gasteiger partial charge in [0.15, 0.2) is 11.5 Å². The van der Waals surface area contributed by atoms with Crippen molar-refractivity contribution in [2.75, 3.05) is 12.4 Å². The molecule has 1 atom stereocenters. The number of amides is 2. The van der Waals surface area contributed by atoms with E-state index in [1.165, 1.54) is 32.3 Å². The van der Waals surface area contributed by atoms with Gasteiger partial charge in [0.1, 0.15) is 0 Å². The van der Waals surface area contributed by atoms with Crippen molar-refractivity contribution in [3.8, 4) is 11.5 Å². The Bertz CT molecular complexity index is 1220. The highest BCUT2D eigenvalue weighted by Gasteiger charge is 2.21. The number of benzene rings is 3. The van der Waals surface area contributed by atoms with Gasteiger partial charge in [-0.1, -0.05) is 54.6 Å². The predicted molar refractivity (Wildman–Crippen MR) is 135 cm³/mol. The lowest BCUT2D eigenvalue weighted by Crippen LogP contribution is -2.32. The van der Waals surface area contributed by atoms with E-state index in [4.69, 9.17) is 4.74 Å². The number of nitrogens with one attached hydrogen (secondary N) is 1. The molecule has 0 aromatic heterocycles. The molecule has 36 heavy (non-hydrogen) atoms. The van der Waals surface area contributed by atoms with Gasteiger partial charge in [-0.25, -0.2) is 0 Å². The number of carbonyl (C=O) groups excluding carboxylic acids is 2. The zero-order valence-electron chi connectivity index (χ0n) is 20.3. The first-order chi connectivity index (χ1) is 17.3. The average molecular weight is 495 g/mol. The van der Waals surface area contributed by atoms with E-state index in [0.717, 1.165) is 11.1 Å². The number of anilines is 1. The van der Waals surface area contributed by atoms with Crippen molar-refractivity contribution < 1.29 is 27.8 Å². The molecule has 8 heteroatoms. The van der Waals surface area contributed by atoms with Crippen molar-refractivity contribution >= 4 is 23.6 Å². The second-order valence-electron chi connectivity index (χ2n) is 8.02. The number of halogens is 2. The zero-order chi connectivity index (χ0) is 26.1. The quantitative estimate of drug-likeness (QED) is 0.348. The van der Waals surface area contributed by atoms with E-state index >= 15 is 0 Å². The second kappa shape index (κ2) is 12.5. The summed E-state index contributed by atoms with van der Waals surface area (Å²) in [5, 5.41) is 2.75. The first-order valence-electron chi connectivity index (χ1n) is 11.3. The van der Waals surface area contributed by atoms with Crippen LogP contribution in [0, 0.1) is 0 Å². The van der Waals surface area contributed by atoms with Crippen LogP contribution >= 0.6 is 0 Å². The summed E-state index contributed by atoms with van der Waals surface area (Å²) >= 11 is 0. The van der Waals surface area contributed by atoms with Gasteiger partial charge < -0.3 is 19.7 Å². The topological polar surface area (TPSA) is 67.9 Å². The number of nitrogens with zero attached hydrogens (tertiary/aromatic N) is 1. The molecule has 3 rings (SSSR count). The molecule has 0 fully saturated rings. The Morgan fingerprint density at radius 3 is 2.42 bits per heavy atom. The molecule has 2 amide bonds. The SMILES string of the molecule is COc1cccc(/C=C/C(=O)N(Cc2ccccc2)C(C)c2cccc(NC(C)=O)c2)c1OC(F)F. The average Bonchev–Trinajstić information content (AvgIpc) is 2.86. The molecule has 0 saturated heterocycles. The lowest BCUT2D eigenvalue weighted by molar-refractivity contribution is -0.128. The molecule has 3 aromatic rings. The first-order valence-corrected chi connectivity index (χ1v) is 11.3. The number of hydrogen-bond donors (Lipinski definition) is 1. The molecule has 188 valence electrons. The fourth-order valence-corrected chi connectivity index (χ4v) is 3.74. The maximum Gasteiger partial charge on any atom is 0.387 e. The van der Waals surface area contributed by atoms with E-state index in [1.807, 2.05) is 55.5 Å². The van der Waals surface area contributed by atoms with Crippen molar-refractivity contribution in [2.24, 2.45) is 0 Å². The second-order valence-corrected chi connectivity index (χ2v) is 8.02. The van der Waals surface area contributed by atoms with Gasteiger partial charge in [0.2, 0.25) is 11.8 Å². The van der Waals surface area contributed by atoms with E-state index in [1.54, 1.807) is 23.1 Å². The van der Waals surface area contributed by atoms with Crippen molar-refractivity contribution in [1.29, 1.82) is 0 Å². The number of hydrogen-bond acceptors (Lipinski definition) is 4. The zero-order valence-corrected chi connectivity index (χ0v) is 20.3. The molecule has 0 radical (unpaired) electrons. The summed E-state index contributed by atoms with van der Waals surface area (Å²) in [6, 6.07) is 21.1. The highest BCUT2D eigenvalue weighted by Crippen LogP contribution is 2.33. The van der Waals surface area contributed by atoms with Crippen LogP contribution in [0.25, 0.3) is 6.08 Å². The standard InChI is InChI=1S/C28H28F2N2O4/c1-19(23-12-7-13-24(17-23)31-20(2)33)32(18-21-9-5-4-6-10-21)26(34)16-15-22-11-8-14-25(35-3)27(22)36-28(29)30/h4-17,19,28H,18H2,1-3H3,(H,31,33)/b16-15+. The smallest absolute Gasteiger partial charge is 0.387 e. The van der Waals surface area contributed by atoms with Crippen LogP contribution in [0.5, 0.6) is 11.5 Å². The number of ether oxygens (including phenoxy) is 2. The van der Waals surface area contributed by atoms with Gasteiger partial charge in [0.25, 0.3) is 0 Å². The van der Waals surface area contributed by atoms with E-state index in [9.17, 15) is 18.4 Å². The van der Waals surface area contributed by atoms with Gasteiger partial charge >= 0.3 is 6.61 Å². The maximum absolute atomic E-state index is 13.4. The van der Waals surface area contributed by atoms with Gasteiger partial charge in [0.05, 0.1) is 13.2 Å². The summed E-state index contributed by atoms with van der Waals surface area (Å²) in [4.78, 5) is 26.6. The third kappa shape index (κ3) is 7.15. The Balaban J connectivity index is 1.94. The number of methoxy groups -OCH3 is 1. The molecule has 1 N–H and O–H groups in total. The third-order valence-corrected chi connectivity index (χ3v) is 5.48. The van der Waals surface area contributed by atoms with Crippen LogP contribution < -0.4 is 14.8 Å². The summed E-state index contributed by atoms with van der Waals surface area (Å²) in [5.74, 6) is -0.541. The fourth-order valence-electron chi connectivity index (χ4n) is 3.74. The molecule has 0 saturated carbocycles. The van der Waals surface area contributed by atoms with Crippen molar-refractivity contribution in [2.45, 2.75) is 33.0 Å². The van der Waals surface area contributed by atoms with Crippen molar-refractivity contribution in [1.82, 2.24) is 4.90 Å². The Morgan fingerprint density at radius 1 is 1.03 bits per heavy atom. The highest BCUT2D eigenvalue weighted by atomic mass is 19.3. The van der Waals surface area contributed by atoms with Crippen LogP contribution in [-0.4, -0.2) is 30.4 Å². The van der Waals surface area contributed by atoms with Crippen molar-refractivity contribution in [3.63, 3.8) is 0 Å². The maximum atomic E-state index is 13.4. The van der Waals surface area contributed by atoms with Crippen LogP contribution in [0.1, 0.15) is 36.6 Å². The fraction of sp³-hybridized carbons (Fsp3) is 0.214. The summed E-state index contributed by atoms with van der Waals surface area (Å²) in [6.07, 6.45) is 2.76. The summed E-state index contributed by atoms with van der Waals surface area (Å²) in [7, 11) is 1.35. The van der Waals surface area contributed by atoms with E-state index < -0.39 is 6.61 Å². The molecule has 0 aliphatic rings. The minimum atomic E-state index is -3.05. The summed E-state index contributed by atoms with van der Waals surface area (Å²) in [5.41, 5.74) is 2.65. The summed E-state index contributed by atoms with van der Waals surface area (Å²) < 4.78 is 35.8. The number of rotatable bonds is 10. The van der Waals surface area contributed by atoms with Gasteiger partial charge in [-0.15, -0.1) is 0 Å². The van der Waals surface area contributed by atoms with Gasteiger partial charge in [-0.05, 0) is 42.3 Å². The predicted octanol–water partition coefficient (Wildman–Crippen LogP) is 6.06. The molecule has 0 heterocycles. The lowest BCUT2D eigenvalue weighted by atomic mass is 10.0. The van der Waals surface area contributed by atoms with Crippen LogP contribution in [0.4, 0.5) is 14.5 Å². The lowest BCUT2D eigenvalue weighted by Gasteiger charge is -2.29. The minimum absolute atomic E-state index is 0.134. The normalized spacial score (nSPS) is 11.8. The molecule has 0 aliphatic heterocycles. The van der Waals surface area contributed by atoms with Crippen molar-refractivity contribution in [3.05, 3.63) is 95.6 Å². The van der Waals surface area contributed by atoms with E-state index in [0.29, 0.717) is 12.2 Å². The molecule has 0 spiro atoms. The van der Waals surface area contributed by atoms with Gasteiger partial charge in [-0.3, -0.25) is 9.59 Å². The summed E-state index contributed by atoms with van der Waals surface area (Å²) in [6.45, 7) is 0.582. The van der Waals surface area contributed by atoms with E-state index in [2.05, 4.69) is 10.1 Å². The molecule has 3 aromatic carbocycles. The molecule has 0 bridgehead atoms. The third-order valence-electron chi connectivity index (χ3n) is 5.48. The number of carbonyl (C=O) groups is 2.